The largest absolute Gasteiger partial charge is 0.352 e. The highest BCUT2D eigenvalue weighted by Crippen LogP contribution is 1.98. The number of nitrogens with one attached hydrogen (secondary N) is 2. The number of amides is 1. The number of benzene rings is 1. The van der Waals surface area contributed by atoms with E-state index in [4.69, 9.17) is 0 Å². The first-order valence-corrected chi connectivity index (χ1v) is 5.13. The molecule has 0 fully saturated rings. The third-order valence-electron chi connectivity index (χ3n) is 2.24. The van der Waals surface area contributed by atoms with E-state index in [1.54, 1.807) is 12.3 Å². The van der Waals surface area contributed by atoms with Crippen LogP contribution in [0.15, 0.2) is 42.6 Å². The molecule has 0 aliphatic heterocycles. The van der Waals surface area contributed by atoms with E-state index in [2.05, 4.69) is 15.5 Å². The van der Waals surface area contributed by atoms with E-state index < -0.39 is 0 Å². The summed E-state index contributed by atoms with van der Waals surface area (Å²) in [5, 5.41) is 9.39. The summed E-state index contributed by atoms with van der Waals surface area (Å²) in [6.45, 7) is 0.563. The van der Waals surface area contributed by atoms with Crippen LogP contribution in [-0.2, 0) is 17.8 Å². The van der Waals surface area contributed by atoms with Crippen molar-refractivity contribution in [3.8, 4) is 0 Å². The highest BCUT2D eigenvalue weighted by Gasteiger charge is 2.03. The predicted molar refractivity (Wildman–Crippen MR) is 60.6 cm³/mol. The van der Waals surface area contributed by atoms with E-state index in [0.717, 1.165) is 11.3 Å². The molecule has 2 rings (SSSR count). The van der Waals surface area contributed by atoms with Crippen molar-refractivity contribution in [2.24, 2.45) is 0 Å². The van der Waals surface area contributed by atoms with Gasteiger partial charge in [0, 0.05) is 18.4 Å². The topological polar surface area (TPSA) is 57.8 Å². The van der Waals surface area contributed by atoms with Gasteiger partial charge in [0.05, 0.1) is 6.42 Å². The lowest BCUT2D eigenvalue weighted by Crippen LogP contribution is -2.24. The van der Waals surface area contributed by atoms with Crippen LogP contribution in [0.25, 0.3) is 0 Å². The summed E-state index contributed by atoms with van der Waals surface area (Å²) < 4.78 is 0. The molecule has 0 unspecified atom stereocenters. The van der Waals surface area contributed by atoms with Gasteiger partial charge in [-0.2, -0.15) is 5.10 Å². The van der Waals surface area contributed by atoms with E-state index in [1.807, 2.05) is 30.3 Å². The normalized spacial score (nSPS) is 10.0. The van der Waals surface area contributed by atoms with Gasteiger partial charge in [0.25, 0.3) is 0 Å². The van der Waals surface area contributed by atoms with Crippen molar-refractivity contribution in [1.82, 2.24) is 15.5 Å². The summed E-state index contributed by atoms with van der Waals surface area (Å²) >= 11 is 0. The number of nitrogens with zero attached hydrogens (tertiary/aromatic N) is 1. The molecule has 1 aromatic heterocycles. The Balaban J connectivity index is 1.80. The van der Waals surface area contributed by atoms with Crippen molar-refractivity contribution >= 4 is 5.91 Å². The maximum atomic E-state index is 11.5. The van der Waals surface area contributed by atoms with Crippen LogP contribution in [0, 0.1) is 0 Å². The fourth-order valence-electron chi connectivity index (χ4n) is 1.42. The van der Waals surface area contributed by atoms with Crippen LogP contribution < -0.4 is 5.32 Å². The molecular weight excluding hydrogens is 202 g/mol. The van der Waals surface area contributed by atoms with Crippen LogP contribution in [0.2, 0.25) is 0 Å². The van der Waals surface area contributed by atoms with Crippen LogP contribution in [0.4, 0.5) is 0 Å². The molecule has 4 nitrogen and oxygen atoms in total. The SMILES string of the molecule is O=C(Cc1ccn[nH]1)NCc1ccccc1. The molecule has 0 saturated heterocycles. The number of aromatic amines is 1. The maximum Gasteiger partial charge on any atom is 0.226 e. The van der Waals surface area contributed by atoms with Gasteiger partial charge in [-0.25, -0.2) is 0 Å². The molecule has 0 aliphatic rings. The Bertz CT molecular complexity index is 437. The fourth-order valence-corrected chi connectivity index (χ4v) is 1.42. The van der Waals surface area contributed by atoms with Crippen molar-refractivity contribution in [1.29, 1.82) is 0 Å². The maximum absolute atomic E-state index is 11.5. The summed E-state index contributed by atoms with van der Waals surface area (Å²) in [5.74, 6) is -0.00639. The quantitative estimate of drug-likeness (QED) is 0.806. The summed E-state index contributed by atoms with van der Waals surface area (Å²) in [6, 6.07) is 11.6. The second-order valence-corrected chi connectivity index (χ2v) is 3.52. The van der Waals surface area contributed by atoms with Gasteiger partial charge in [0.2, 0.25) is 5.91 Å². The Morgan fingerprint density at radius 1 is 1.25 bits per heavy atom. The molecule has 82 valence electrons. The fraction of sp³-hybridized carbons (Fsp3) is 0.167. The zero-order valence-electron chi connectivity index (χ0n) is 8.81. The molecule has 1 amide bonds. The molecule has 2 N–H and O–H groups in total. The second-order valence-electron chi connectivity index (χ2n) is 3.52. The third kappa shape index (κ3) is 2.95. The van der Waals surface area contributed by atoms with E-state index in [9.17, 15) is 4.79 Å². The Kier molecular flexibility index (Phi) is 3.33. The Morgan fingerprint density at radius 2 is 2.06 bits per heavy atom. The van der Waals surface area contributed by atoms with Gasteiger partial charge < -0.3 is 5.32 Å². The average molecular weight is 215 g/mol. The van der Waals surface area contributed by atoms with Crippen molar-refractivity contribution in [2.75, 3.05) is 0 Å². The van der Waals surface area contributed by atoms with Crippen LogP contribution in [-0.4, -0.2) is 16.1 Å². The third-order valence-corrected chi connectivity index (χ3v) is 2.24. The minimum Gasteiger partial charge on any atom is -0.352 e. The molecule has 0 radical (unpaired) electrons. The molecule has 16 heavy (non-hydrogen) atoms. The van der Waals surface area contributed by atoms with Gasteiger partial charge in [-0.1, -0.05) is 30.3 Å². The highest BCUT2D eigenvalue weighted by molar-refractivity contribution is 5.78. The molecule has 2 aromatic rings. The Labute approximate surface area is 93.7 Å². The van der Waals surface area contributed by atoms with Gasteiger partial charge in [0.1, 0.15) is 0 Å². The van der Waals surface area contributed by atoms with Crippen molar-refractivity contribution < 1.29 is 4.79 Å². The minimum atomic E-state index is -0.00639. The average Bonchev–Trinajstić information content (AvgIpc) is 2.81. The zero-order valence-corrected chi connectivity index (χ0v) is 8.81. The Hall–Kier alpha value is -2.10. The molecule has 0 saturated carbocycles. The van der Waals surface area contributed by atoms with E-state index in [0.29, 0.717) is 13.0 Å². The molecule has 1 heterocycles. The molecule has 0 atom stereocenters. The van der Waals surface area contributed by atoms with Crippen LogP contribution in [0.5, 0.6) is 0 Å². The lowest BCUT2D eigenvalue weighted by atomic mass is 10.2. The van der Waals surface area contributed by atoms with Gasteiger partial charge >= 0.3 is 0 Å². The lowest BCUT2D eigenvalue weighted by molar-refractivity contribution is -0.120. The number of rotatable bonds is 4. The zero-order chi connectivity index (χ0) is 11.2. The van der Waals surface area contributed by atoms with E-state index in [1.165, 1.54) is 0 Å². The number of carbonyl (C=O) groups is 1. The van der Waals surface area contributed by atoms with Crippen LogP contribution >= 0.6 is 0 Å². The Morgan fingerprint density at radius 3 is 2.75 bits per heavy atom. The first-order chi connectivity index (χ1) is 7.84. The number of hydrogen-bond donors (Lipinski definition) is 2. The first kappa shape index (κ1) is 10.4. The monoisotopic (exact) mass is 215 g/mol. The summed E-state index contributed by atoms with van der Waals surface area (Å²) in [5.41, 5.74) is 1.92. The lowest BCUT2D eigenvalue weighted by Gasteiger charge is -2.03. The van der Waals surface area contributed by atoms with Gasteiger partial charge in [-0.05, 0) is 11.6 Å². The van der Waals surface area contributed by atoms with Crippen LogP contribution in [0.3, 0.4) is 0 Å². The molecule has 0 spiro atoms. The second kappa shape index (κ2) is 5.11. The van der Waals surface area contributed by atoms with Crippen molar-refractivity contribution in [2.45, 2.75) is 13.0 Å². The summed E-state index contributed by atoms with van der Waals surface area (Å²) in [7, 11) is 0. The first-order valence-electron chi connectivity index (χ1n) is 5.13. The molecule has 4 heteroatoms. The van der Waals surface area contributed by atoms with Gasteiger partial charge in [-0.15, -0.1) is 0 Å². The van der Waals surface area contributed by atoms with E-state index in [-0.39, 0.29) is 5.91 Å². The molecule has 0 aliphatic carbocycles. The van der Waals surface area contributed by atoms with Crippen LogP contribution in [0.1, 0.15) is 11.3 Å². The highest BCUT2D eigenvalue weighted by atomic mass is 16.1. The van der Waals surface area contributed by atoms with Gasteiger partial charge in [-0.3, -0.25) is 9.89 Å². The predicted octanol–water partition coefficient (Wildman–Crippen LogP) is 1.27. The molecule has 0 bridgehead atoms. The van der Waals surface area contributed by atoms with Crippen molar-refractivity contribution in [3.05, 3.63) is 53.9 Å². The minimum absolute atomic E-state index is 0.00639. The number of aromatic nitrogens is 2. The molecular formula is C12H13N3O. The number of hydrogen-bond acceptors (Lipinski definition) is 2. The smallest absolute Gasteiger partial charge is 0.226 e. The summed E-state index contributed by atoms with van der Waals surface area (Å²) in [6.07, 6.45) is 1.98. The number of H-pyrrole nitrogens is 1. The van der Waals surface area contributed by atoms with Crippen molar-refractivity contribution in [3.63, 3.8) is 0 Å². The number of carbonyl (C=O) groups excluding carboxylic acids is 1. The standard InChI is InChI=1S/C12H13N3O/c16-12(8-11-6-7-14-15-11)13-9-10-4-2-1-3-5-10/h1-7H,8-9H2,(H,13,16)(H,14,15). The molecule has 1 aromatic carbocycles. The van der Waals surface area contributed by atoms with E-state index >= 15 is 0 Å². The summed E-state index contributed by atoms with van der Waals surface area (Å²) in [4.78, 5) is 11.5. The van der Waals surface area contributed by atoms with Gasteiger partial charge in [0.15, 0.2) is 0 Å².